The summed E-state index contributed by atoms with van der Waals surface area (Å²) >= 11 is 12.3. The van der Waals surface area contributed by atoms with E-state index in [4.69, 9.17) is 28.2 Å². The van der Waals surface area contributed by atoms with Crippen molar-refractivity contribution in [1.29, 1.82) is 0 Å². The van der Waals surface area contributed by atoms with Crippen LogP contribution in [0.15, 0.2) is 71.7 Å². The van der Waals surface area contributed by atoms with Crippen LogP contribution in [0, 0.1) is 0 Å². The number of anilines is 1. The monoisotopic (exact) mass is 508 g/mol. The molecule has 0 spiro atoms. The second-order valence-corrected chi connectivity index (χ2v) is 9.37. The second-order valence-electron chi connectivity index (χ2n) is 8.50. The standard InChI is InChI=1S/C27H26Cl2N4O2/c1-17(34)33(15-14-32(2)3)22-11-9-21(10-12-22)30-26(18-4-6-19(28)7-5-18)25-23-13-8-20(29)16-24(23)31-27(25)35/h4-13,16,31,35H,14-15H2,1-3H3. The Hall–Kier alpha value is -3.32. The number of aromatic hydroxyl groups is 1. The SMILES string of the molecule is CC(=O)N(CCN(C)C)c1ccc(N=C(c2ccc(Cl)cc2)c2c(O)[nH]c3cc(Cl)ccc23)cc1. The first-order valence-electron chi connectivity index (χ1n) is 11.1. The minimum atomic E-state index is -0.0210. The third kappa shape index (κ3) is 5.68. The van der Waals surface area contributed by atoms with Gasteiger partial charge >= 0.3 is 0 Å². The molecular formula is C27H26Cl2N4O2. The molecule has 0 saturated heterocycles. The van der Waals surface area contributed by atoms with Crippen LogP contribution in [-0.2, 0) is 4.79 Å². The molecule has 1 amide bonds. The van der Waals surface area contributed by atoms with Gasteiger partial charge in [-0.2, -0.15) is 0 Å². The van der Waals surface area contributed by atoms with Gasteiger partial charge in [0, 0.05) is 46.7 Å². The summed E-state index contributed by atoms with van der Waals surface area (Å²) in [7, 11) is 3.95. The zero-order valence-electron chi connectivity index (χ0n) is 19.7. The molecule has 0 aliphatic rings. The largest absolute Gasteiger partial charge is 0.494 e. The normalized spacial score (nSPS) is 11.9. The van der Waals surface area contributed by atoms with Gasteiger partial charge in [-0.25, -0.2) is 4.99 Å². The Labute approximate surface area is 214 Å². The summed E-state index contributed by atoms with van der Waals surface area (Å²) in [5.74, 6) is -0.0219. The molecule has 0 aliphatic carbocycles. The van der Waals surface area contributed by atoms with Gasteiger partial charge in [-0.1, -0.05) is 41.4 Å². The van der Waals surface area contributed by atoms with Gasteiger partial charge in [-0.05, 0) is 62.6 Å². The van der Waals surface area contributed by atoms with Crippen LogP contribution in [0.1, 0.15) is 18.1 Å². The maximum atomic E-state index is 12.2. The molecule has 0 saturated carbocycles. The van der Waals surface area contributed by atoms with Crippen molar-refractivity contribution in [3.63, 3.8) is 0 Å². The highest BCUT2D eigenvalue weighted by Gasteiger charge is 2.19. The van der Waals surface area contributed by atoms with Gasteiger partial charge in [0.25, 0.3) is 0 Å². The van der Waals surface area contributed by atoms with Crippen molar-refractivity contribution in [2.75, 3.05) is 32.1 Å². The number of aromatic nitrogens is 1. The van der Waals surface area contributed by atoms with E-state index in [-0.39, 0.29) is 11.8 Å². The lowest BCUT2D eigenvalue weighted by Gasteiger charge is -2.23. The van der Waals surface area contributed by atoms with Crippen LogP contribution in [-0.4, -0.2) is 53.8 Å². The van der Waals surface area contributed by atoms with Crippen molar-refractivity contribution in [3.8, 4) is 5.88 Å². The van der Waals surface area contributed by atoms with Gasteiger partial charge in [0.05, 0.1) is 22.5 Å². The number of likely N-dealkylation sites (N-methyl/N-ethyl adjacent to an activating group) is 1. The fraction of sp³-hybridized carbons (Fsp3) is 0.185. The average Bonchev–Trinajstić information content (AvgIpc) is 3.13. The maximum absolute atomic E-state index is 12.2. The van der Waals surface area contributed by atoms with Gasteiger partial charge in [0.2, 0.25) is 5.91 Å². The summed E-state index contributed by atoms with van der Waals surface area (Å²) in [4.78, 5) is 23.9. The molecule has 4 rings (SSSR count). The molecule has 0 bridgehead atoms. The zero-order valence-corrected chi connectivity index (χ0v) is 21.2. The predicted octanol–water partition coefficient (Wildman–Crippen LogP) is 6.26. The Bertz CT molecular complexity index is 1380. The number of nitrogens with zero attached hydrogens (tertiary/aromatic N) is 3. The molecule has 6 nitrogen and oxygen atoms in total. The Morgan fingerprint density at radius 1 is 0.943 bits per heavy atom. The number of hydrogen-bond acceptors (Lipinski definition) is 4. The Morgan fingerprint density at radius 2 is 1.60 bits per heavy atom. The van der Waals surface area contributed by atoms with E-state index in [1.807, 2.05) is 61.5 Å². The number of aliphatic imine (C=N–C) groups is 1. The lowest BCUT2D eigenvalue weighted by Crippen LogP contribution is -2.35. The van der Waals surface area contributed by atoms with Crippen LogP contribution < -0.4 is 4.90 Å². The van der Waals surface area contributed by atoms with Gasteiger partial charge < -0.3 is 19.9 Å². The predicted molar refractivity (Wildman–Crippen MR) is 145 cm³/mol. The van der Waals surface area contributed by atoms with E-state index in [0.29, 0.717) is 39.1 Å². The molecule has 0 atom stereocenters. The summed E-state index contributed by atoms with van der Waals surface area (Å²) in [6.45, 7) is 2.91. The summed E-state index contributed by atoms with van der Waals surface area (Å²) in [5.41, 5.74) is 4.13. The lowest BCUT2D eigenvalue weighted by atomic mass is 10.0. The first-order valence-corrected chi connectivity index (χ1v) is 11.9. The number of carbonyl (C=O) groups is 1. The highest BCUT2D eigenvalue weighted by molar-refractivity contribution is 6.32. The minimum absolute atomic E-state index is 0.000901. The molecule has 1 heterocycles. The van der Waals surface area contributed by atoms with Gasteiger partial charge in [-0.15, -0.1) is 0 Å². The van der Waals surface area contributed by atoms with E-state index in [0.717, 1.165) is 23.2 Å². The number of nitrogens with one attached hydrogen (secondary N) is 1. The number of amides is 1. The van der Waals surface area contributed by atoms with Gasteiger partial charge in [0.15, 0.2) is 5.88 Å². The molecule has 4 aromatic rings. The van der Waals surface area contributed by atoms with E-state index in [1.165, 1.54) is 0 Å². The average molecular weight is 509 g/mol. The van der Waals surface area contributed by atoms with Crippen molar-refractivity contribution in [3.05, 3.63) is 87.9 Å². The van der Waals surface area contributed by atoms with Crippen LogP contribution in [0.4, 0.5) is 11.4 Å². The molecular weight excluding hydrogens is 483 g/mol. The van der Waals surface area contributed by atoms with Crippen molar-refractivity contribution in [2.24, 2.45) is 4.99 Å². The van der Waals surface area contributed by atoms with Crippen molar-refractivity contribution >= 4 is 57.1 Å². The molecule has 0 radical (unpaired) electrons. The zero-order chi connectivity index (χ0) is 25.1. The smallest absolute Gasteiger partial charge is 0.223 e. The summed E-state index contributed by atoms with van der Waals surface area (Å²) < 4.78 is 0. The van der Waals surface area contributed by atoms with Crippen LogP contribution in [0.3, 0.4) is 0 Å². The molecule has 0 fully saturated rings. The Kier molecular flexibility index (Phi) is 7.45. The van der Waals surface area contributed by atoms with E-state index in [1.54, 1.807) is 36.1 Å². The molecule has 1 aromatic heterocycles. The fourth-order valence-electron chi connectivity index (χ4n) is 3.87. The molecule has 2 N–H and O–H groups in total. The molecule has 180 valence electrons. The van der Waals surface area contributed by atoms with Gasteiger partial charge in [0.1, 0.15) is 0 Å². The van der Waals surface area contributed by atoms with Crippen molar-refractivity contribution in [2.45, 2.75) is 6.92 Å². The van der Waals surface area contributed by atoms with E-state index in [2.05, 4.69) is 4.98 Å². The molecule has 8 heteroatoms. The van der Waals surface area contributed by atoms with Crippen LogP contribution in [0.25, 0.3) is 10.9 Å². The van der Waals surface area contributed by atoms with Crippen LogP contribution >= 0.6 is 23.2 Å². The first-order chi connectivity index (χ1) is 16.7. The maximum Gasteiger partial charge on any atom is 0.223 e. The summed E-state index contributed by atoms with van der Waals surface area (Å²) in [6, 6.07) is 20.2. The number of H-pyrrole nitrogens is 1. The first kappa shape index (κ1) is 24.8. The molecule has 3 aromatic carbocycles. The Balaban J connectivity index is 1.79. The quantitative estimate of drug-likeness (QED) is 0.289. The number of aromatic amines is 1. The summed E-state index contributed by atoms with van der Waals surface area (Å²) in [5, 5.41) is 12.8. The number of halogens is 2. The van der Waals surface area contributed by atoms with Crippen molar-refractivity contribution < 1.29 is 9.90 Å². The number of benzene rings is 3. The third-order valence-electron chi connectivity index (χ3n) is 5.65. The second kappa shape index (κ2) is 10.5. The van der Waals surface area contributed by atoms with Gasteiger partial charge in [-0.3, -0.25) is 4.79 Å². The van der Waals surface area contributed by atoms with Crippen molar-refractivity contribution in [1.82, 2.24) is 9.88 Å². The molecule has 0 aliphatic heterocycles. The topological polar surface area (TPSA) is 71.9 Å². The molecule has 35 heavy (non-hydrogen) atoms. The number of carbonyl (C=O) groups excluding carboxylic acids is 1. The molecule has 0 unspecified atom stereocenters. The minimum Gasteiger partial charge on any atom is -0.494 e. The number of hydrogen-bond donors (Lipinski definition) is 2. The number of rotatable bonds is 7. The van der Waals surface area contributed by atoms with E-state index < -0.39 is 0 Å². The highest BCUT2D eigenvalue weighted by Crippen LogP contribution is 2.33. The number of fused-ring (bicyclic) bond motifs is 1. The highest BCUT2D eigenvalue weighted by atomic mass is 35.5. The van der Waals surface area contributed by atoms with E-state index in [9.17, 15) is 9.90 Å². The third-order valence-corrected chi connectivity index (χ3v) is 6.14. The lowest BCUT2D eigenvalue weighted by molar-refractivity contribution is -0.116. The fourth-order valence-corrected chi connectivity index (χ4v) is 4.17. The van der Waals surface area contributed by atoms with E-state index >= 15 is 0 Å². The summed E-state index contributed by atoms with van der Waals surface area (Å²) in [6.07, 6.45) is 0. The van der Waals surface area contributed by atoms with Crippen LogP contribution in [0.5, 0.6) is 5.88 Å². The Morgan fingerprint density at radius 3 is 2.23 bits per heavy atom. The van der Waals surface area contributed by atoms with Crippen LogP contribution in [0.2, 0.25) is 10.0 Å².